The Labute approximate surface area is 155 Å². The minimum atomic E-state index is -2.63. The Kier molecular flexibility index (Phi) is 7.19. The van der Waals surface area contributed by atoms with Crippen LogP contribution in [0.3, 0.4) is 0 Å². The van der Waals surface area contributed by atoms with Gasteiger partial charge in [0.25, 0.3) is 0 Å². The zero-order valence-corrected chi connectivity index (χ0v) is 16.2. The zero-order valence-electron chi connectivity index (χ0n) is 14.6. The fourth-order valence-electron chi connectivity index (χ4n) is 2.88. The van der Waals surface area contributed by atoms with Crippen molar-refractivity contribution in [2.45, 2.75) is 51.5 Å². The normalized spacial score (nSPS) is 18.6. The van der Waals surface area contributed by atoms with E-state index in [4.69, 9.17) is 4.74 Å². The van der Waals surface area contributed by atoms with E-state index < -0.39 is 5.92 Å². The van der Waals surface area contributed by atoms with Crippen LogP contribution < -0.4 is 10.6 Å². The Morgan fingerprint density at radius 3 is 2.68 bits per heavy atom. The van der Waals surface area contributed by atoms with Gasteiger partial charge in [0, 0.05) is 35.9 Å². The molecule has 2 rings (SSSR count). The van der Waals surface area contributed by atoms with Gasteiger partial charge < -0.3 is 15.4 Å². The largest absolute Gasteiger partial charge is 0.380 e. The average Bonchev–Trinajstić information content (AvgIpc) is 2.55. The Morgan fingerprint density at radius 1 is 1.36 bits per heavy atom. The van der Waals surface area contributed by atoms with Crippen LogP contribution >= 0.6 is 15.9 Å². The van der Waals surface area contributed by atoms with Crippen LogP contribution in [0.2, 0.25) is 0 Å². The molecule has 0 spiro atoms. The van der Waals surface area contributed by atoms with Gasteiger partial charge >= 0.3 is 0 Å². The Balaban J connectivity index is 2.02. The van der Waals surface area contributed by atoms with Crippen LogP contribution in [0.4, 0.5) is 20.2 Å². The van der Waals surface area contributed by atoms with Crippen molar-refractivity contribution in [3.63, 3.8) is 0 Å². The van der Waals surface area contributed by atoms with Crippen LogP contribution in [-0.2, 0) is 9.53 Å². The van der Waals surface area contributed by atoms with Crippen LogP contribution in [0, 0.1) is 5.92 Å². The summed E-state index contributed by atoms with van der Waals surface area (Å²) in [4.78, 5) is 12.5. The number of ether oxygens (including phenoxy) is 1. The van der Waals surface area contributed by atoms with Gasteiger partial charge in [-0.2, -0.15) is 0 Å². The smallest absolute Gasteiger partial charge is 0.248 e. The summed E-state index contributed by atoms with van der Waals surface area (Å²) in [6, 6.07) is 5.59. The van der Waals surface area contributed by atoms with E-state index in [1.165, 1.54) is 0 Å². The summed E-state index contributed by atoms with van der Waals surface area (Å²) in [6.45, 7) is 5.12. The summed E-state index contributed by atoms with van der Waals surface area (Å²) >= 11 is 3.43. The van der Waals surface area contributed by atoms with E-state index in [2.05, 4.69) is 26.6 Å². The highest BCUT2D eigenvalue weighted by atomic mass is 79.9. The van der Waals surface area contributed by atoms with Crippen LogP contribution in [0.25, 0.3) is 0 Å². The van der Waals surface area contributed by atoms with Crippen molar-refractivity contribution >= 4 is 33.2 Å². The number of hydrogen-bond donors (Lipinski definition) is 2. The van der Waals surface area contributed by atoms with Gasteiger partial charge in [-0.25, -0.2) is 8.78 Å². The summed E-state index contributed by atoms with van der Waals surface area (Å²) in [5.74, 6) is -3.19. The maximum absolute atomic E-state index is 13.3. The number of alkyl halides is 2. The zero-order chi connectivity index (χ0) is 18.4. The fourth-order valence-corrected chi connectivity index (χ4v) is 3.24. The van der Waals surface area contributed by atoms with Gasteiger partial charge in [0.1, 0.15) is 0 Å². The number of halogens is 3. The number of hydrogen-bond acceptors (Lipinski definition) is 3. The second kappa shape index (κ2) is 8.94. The number of carbonyl (C=O) groups is 1. The highest BCUT2D eigenvalue weighted by Gasteiger charge is 2.37. The SMILES string of the molecule is CCOC[C@H](C)Nc1cc(Br)ccc1NC(=O)C1CCC(F)(F)CC1. The molecular formula is C18H25BrF2N2O2. The third kappa shape index (κ3) is 6.22. The number of anilines is 2. The molecule has 1 aromatic carbocycles. The lowest BCUT2D eigenvalue weighted by Gasteiger charge is -2.28. The monoisotopic (exact) mass is 418 g/mol. The first kappa shape index (κ1) is 20.1. The summed E-state index contributed by atoms with van der Waals surface area (Å²) in [5, 5.41) is 6.21. The lowest BCUT2D eigenvalue weighted by Crippen LogP contribution is -2.32. The maximum Gasteiger partial charge on any atom is 0.248 e. The summed E-state index contributed by atoms with van der Waals surface area (Å²) in [7, 11) is 0. The Hall–Kier alpha value is -1.21. The molecular weight excluding hydrogens is 394 g/mol. The predicted octanol–water partition coefficient (Wildman–Crippen LogP) is 5.05. The molecule has 0 radical (unpaired) electrons. The first-order valence-electron chi connectivity index (χ1n) is 8.63. The van der Waals surface area contributed by atoms with Crippen molar-refractivity contribution in [3.8, 4) is 0 Å². The van der Waals surface area contributed by atoms with Gasteiger partial charge in [-0.05, 0) is 44.9 Å². The fraction of sp³-hybridized carbons (Fsp3) is 0.611. The van der Waals surface area contributed by atoms with Crippen LogP contribution in [0.1, 0.15) is 39.5 Å². The van der Waals surface area contributed by atoms with Gasteiger partial charge in [0.15, 0.2) is 0 Å². The minimum absolute atomic E-state index is 0.0678. The lowest BCUT2D eigenvalue weighted by atomic mass is 9.86. The third-order valence-corrected chi connectivity index (χ3v) is 4.79. The number of rotatable bonds is 7. The average molecular weight is 419 g/mol. The molecule has 1 aliphatic carbocycles. The van der Waals surface area contributed by atoms with Crippen LogP contribution in [0.5, 0.6) is 0 Å². The summed E-state index contributed by atoms with van der Waals surface area (Å²) in [5.41, 5.74) is 1.42. The van der Waals surface area contributed by atoms with Gasteiger partial charge in [0.05, 0.1) is 18.0 Å². The second-order valence-corrected chi connectivity index (χ2v) is 7.43. The lowest BCUT2D eigenvalue weighted by molar-refractivity contribution is -0.124. The van der Waals surface area contributed by atoms with E-state index in [0.717, 1.165) is 10.2 Å². The molecule has 1 atom stereocenters. The van der Waals surface area contributed by atoms with Crippen molar-refractivity contribution in [2.24, 2.45) is 5.92 Å². The van der Waals surface area contributed by atoms with Crippen LogP contribution in [-0.4, -0.2) is 31.1 Å². The van der Waals surface area contributed by atoms with Gasteiger partial charge in [-0.3, -0.25) is 4.79 Å². The predicted molar refractivity (Wildman–Crippen MR) is 99.3 cm³/mol. The molecule has 7 heteroatoms. The molecule has 1 aliphatic rings. The molecule has 1 fully saturated rings. The molecule has 0 saturated heterocycles. The van der Waals surface area contributed by atoms with Crippen molar-refractivity contribution in [2.75, 3.05) is 23.8 Å². The molecule has 1 amide bonds. The topological polar surface area (TPSA) is 50.4 Å². The maximum atomic E-state index is 13.3. The van der Waals surface area contributed by atoms with Crippen molar-refractivity contribution in [1.29, 1.82) is 0 Å². The molecule has 1 saturated carbocycles. The summed E-state index contributed by atoms with van der Waals surface area (Å²) < 4.78 is 32.8. The molecule has 1 aromatic rings. The first-order chi connectivity index (χ1) is 11.8. The molecule has 0 bridgehead atoms. The quantitative estimate of drug-likeness (QED) is 0.651. The van der Waals surface area contributed by atoms with Crippen LogP contribution in [0.15, 0.2) is 22.7 Å². The van der Waals surface area contributed by atoms with Gasteiger partial charge in [-0.15, -0.1) is 0 Å². The van der Waals surface area contributed by atoms with E-state index >= 15 is 0 Å². The standard InChI is InChI=1S/C18H25BrF2N2O2/c1-3-25-11-12(2)22-16-10-14(19)4-5-15(16)23-17(24)13-6-8-18(20,21)9-7-13/h4-5,10,12-13,22H,3,6-9,11H2,1-2H3,(H,23,24)/t12-/m0/s1. The minimum Gasteiger partial charge on any atom is -0.380 e. The van der Waals surface area contributed by atoms with E-state index in [0.29, 0.717) is 18.9 Å². The van der Waals surface area contributed by atoms with Gasteiger partial charge in [0.2, 0.25) is 11.8 Å². The molecule has 140 valence electrons. The van der Waals surface area contributed by atoms with Crippen molar-refractivity contribution in [1.82, 2.24) is 0 Å². The number of carbonyl (C=O) groups excluding carboxylic acids is 1. The van der Waals surface area contributed by atoms with E-state index in [1.807, 2.05) is 26.0 Å². The van der Waals surface area contributed by atoms with E-state index in [-0.39, 0.29) is 43.6 Å². The number of benzene rings is 1. The Morgan fingerprint density at radius 2 is 2.04 bits per heavy atom. The highest BCUT2D eigenvalue weighted by molar-refractivity contribution is 9.10. The molecule has 0 heterocycles. The Bertz CT molecular complexity index is 588. The third-order valence-electron chi connectivity index (χ3n) is 4.30. The molecule has 25 heavy (non-hydrogen) atoms. The number of nitrogens with one attached hydrogen (secondary N) is 2. The number of amides is 1. The van der Waals surface area contributed by atoms with E-state index in [9.17, 15) is 13.6 Å². The van der Waals surface area contributed by atoms with E-state index in [1.54, 1.807) is 6.07 Å². The molecule has 0 aliphatic heterocycles. The first-order valence-corrected chi connectivity index (χ1v) is 9.42. The molecule has 2 N–H and O–H groups in total. The van der Waals surface area contributed by atoms with Crippen molar-refractivity contribution in [3.05, 3.63) is 22.7 Å². The second-order valence-electron chi connectivity index (χ2n) is 6.51. The molecule has 0 aromatic heterocycles. The van der Waals surface area contributed by atoms with Gasteiger partial charge in [-0.1, -0.05) is 15.9 Å². The molecule has 0 unspecified atom stereocenters. The van der Waals surface area contributed by atoms with Crippen molar-refractivity contribution < 1.29 is 18.3 Å². The summed E-state index contributed by atoms with van der Waals surface area (Å²) in [6.07, 6.45) is 0.00156. The molecule has 4 nitrogen and oxygen atoms in total. The highest BCUT2D eigenvalue weighted by Crippen LogP contribution is 2.37.